The van der Waals surface area contributed by atoms with E-state index in [2.05, 4.69) is 24.5 Å². The number of halogens is 2. The minimum Gasteiger partial charge on any atom is -0.333 e. The van der Waals surface area contributed by atoms with Gasteiger partial charge in [-0.25, -0.2) is 4.79 Å². The number of nitrogens with zero attached hydrogens (tertiary/aromatic N) is 1. The summed E-state index contributed by atoms with van der Waals surface area (Å²) in [5.74, 6) is 0.0338. The van der Waals surface area contributed by atoms with Gasteiger partial charge in [-0.3, -0.25) is 4.79 Å². The van der Waals surface area contributed by atoms with Crippen LogP contribution in [-0.4, -0.2) is 28.9 Å². The summed E-state index contributed by atoms with van der Waals surface area (Å²) in [6.07, 6.45) is 3.22. The molecule has 7 heteroatoms. The molecule has 1 aliphatic heterocycles. The molecule has 1 aliphatic rings. The second-order valence-electron chi connectivity index (χ2n) is 7.13. The summed E-state index contributed by atoms with van der Waals surface area (Å²) in [6.45, 7) is 4.19. The minimum atomic E-state index is -0.407. The lowest BCUT2D eigenvalue weighted by Gasteiger charge is -2.39. The van der Waals surface area contributed by atoms with Crippen LogP contribution in [0.1, 0.15) is 43.5 Å². The molecule has 1 saturated heterocycles. The Morgan fingerprint density at radius 2 is 1.46 bits per heavy atom. The van der Waals surface area contributed by atoms with Crippen LogP contribution in [0.25, 0.3) is 0 Å². The van der Waals surface area contributed by atoms with Crippen LogP contribution in [0.2, 0.25) is 10.0 Å². The molecule has 2 aromatic carbocycles. The highest BCUT2D eigenvalue weighted by atomic mass is 35.5. The van der Waals surface area contributed by atoms with Crippen LogP contribution in [-0.2, 0) is 0 Å². The molecular weight excluding hydrogens is 397 g/mol. The van der Waals surface area contributed by atoms with Crippen LogP contribution in [0, 0.1) is 0 Å². The zero-order valence-electron chi connectivity index (χ0n) is 15.8. The molecule has 0 radical (unpaired) electrons. The molecular formula is C21H23Cl2N3O2. The summed E-state index contributed by atoms with van der Waals surface area (Å²) < 4.78 is 0. The van der Waals surface area contributed by atoms with Crippen LogP contribution >= 0.6 is 23.2 Å². The minimum absolute atomic E-state index is 0.0338. The Bertz CT molecular complexity index is 860. The molecule has 0 spiro atoms. The highest BCUT2D eigenvalue weighted by Gasteiger charge is 2.29. The molecule has 0 saturated carbocycles. The van der Waals surface area contributed by atoms with E-state index in [0.29, 0.717) is 27.0 Å². The first-order valence-electron chi connectivity index (χ1n) is 9.31. The van der Waals surface area contributed by atoms with Crippen molar-refractivity contribution in [3.05, 3.63) is 58.1 Å². The normalized spacial score (nSPS) is 19.2. The van der Waals surface area contributed by atoms with E-state index in [1.165, 1.54) is 0 Å². The number of hydrogen-bond donors (Lipinski definition) is 2. The third-order valence-corrected chi connectivity index (χ3v) is 5.73. The molecule has 2 atom stereocenters. The van der Waals surface area contributed by atoms with Crippen LogP contribution in [0.5, 0.6) is 0 Å². The lowest BCUT2D eigenvalue weighted by Crippen LogP contribution is -2.47. The van der Waals surface area contributed by atoms with Crippen molar-refractivity contribution >= 4 is 46.5 Å². The predicted molar refractivity (Wildman–Crippen MR) is 114 cm³/mol. The molecule has 0 bridgehead atoms. The summed E-state index contributed by atoms with van der Waals surface area (Å²) in [7, 11) is 0. The zero-order valence-corrected chi connectivity index (χ0v) is 17.3. The van der Waals surface area contributed by atoms with Gasteiger partial charge in [0.2, 0.25) is 0 Å². The van der Waals surface area contributed by atoms with Gasteiger partial charge < -0.3 is 15.5 Å². The number of likely N-dealkylation sites (tertiary alicyclic amines) is 1. The molecule has 0 aliphatic carbocycles. The number of nitrogens with one attached hydrogen (secondary N) is 2. The van der Waals surface area contributed by atoms with Crippen molar-refractivity contribution in [1.82, 2.24) is 4.90 Å². The lowest BCUT2D eigenvalue weighted by molar-refractivity contribution is 0.0511. The zero-order chi connectivity index (χ0) is 20.3. The second-order valence-corrected chi connectivity index (χ2v) is 7.94. The van der Waals surface area contributed by atoms with Crippen LogP contribution in [0.15, 0.2) is 42.5 Å². The van der Waals surface area contributed by atoms with Crippen LogP contribution in [0.3, 0.4) is 0 Å². The third kappa shape index (κ3) is 4.78. The van der Waals surface area contributed by atoms with Crippen molar-refractivity contribution in [2.45, 2.75) is 45.2 Å². The maximum atomic E-state index is 12.9. The van der Waals surface area contributed by atoms with Crippen molar-refractivity contribution in [3.63, 3.8) is 0 Å². The van der Waals surface area contributed by atoms with E-state index in [1.807, 2.05) is 4.90 Å². The van der Waals surface area contributed by atoms with Crippen molar-refractivity contribution in [1.29, 1.82) is 0 Å². The molecule has 28 heavy (non-hydrogen) atoms. The summed E-state index contributed by atoms with van der Waals surface area (Å²) in [4.78, 5) is 27.0. The summed E-state index contributed by atoms with van der Waals surface area (Å²) in [5, 5.41) is 6.21. The fourth-order valence-corrected chi connectivity index (χ4v) is 3.83. The van der Waals surface area contributed by atoms with Gasteiger partial charge >= 0.3 is 6.03 Å². The van der Waals surface area contributed by atoms with Gasteiger partial charge in [-0.1, -0.05) is 23.2 Å². The number of benzene rings is 2. The Morgan fingerprint density at radius 1 is 0.893 bits per heavy atom. The number of urea groups is 1. The Labute approximate surface area is 175 Å². The fourth-order valence-electron chi connectivity index (χ4n) is 3.53. The van der Waals surface area contributed by atoms with Crippen molar-refractivity contribution in [3.8, 4) is 0 Å². The number of anilines is 2. The van der Waals surface area contributed by atoms with Crippen molar-refractivity contribution < 1.29 is 9.59 Å². The van der Waals surface area contributed by atoms with Gasteiger partial charge in [0.1, 0.15) is 0 Å². The summed E-state index contributed by atoms with van der Waals surface area (Å²) in [5.41, 5.74) is 1.75. The van der Waals surface area contributed by atoms with E-state index in [0.717, 1.165) is 19.3 Å². The number of rotatable bonds is 3. The molecule has 3 rings (SSSR count). The van der Waals surface area contributed by atoms with E-state index in [1.54, 1.807) is 42.5 Å². The third-order valence-electron chi connectivity index (χ3n) is 5.00. The van der Waals surface area contributed by atoms with Crippen molar-refractivity contribution in [2.24, 2.45) is 0 Å². The first-order valence-corrected chi connectivity index (χ1v) is 10.1. The number of amides is 3. The Morgan fingerprint density at radius 3 is 2.07 bits per heavy atom. The monoisotopic (exact) mass is 419 g/mol. The molecule has 0 aromatic heterocycles. The SMILES string of the molecule is C[C@@H]1CCC[C@H](C)N1C(=O)c1ccc(NC(=O)Nc2ccc(Cl)c(Cl)c2)cc1. The largest absolute Gasteiger partial charge is 0.333 e. The van der Waals surface area contributed by atoms with E-state index >= 15 is 0 Å². The number of hydrogen-bond acceptors (Lipinski definition) is 2. The Kier molecular flexibility index (Phi) is 6.47. The maximum Gasteiger partial charge on any atom is 0.323 e. The van der Waals surface area contributed by atoms with E-state index in [-0.39, 0.29) is 18.0 Å². The van der Waals surface area contributed by atoms with E-state index in [4.69, 9.17) is 23.2 Å². The summed E-state index contributed by atoms with van der Waals surface area (Å²) in [6, 6.07) is 11.9. The maximum absolute atomic E-state index is 12.9. The first kappa shape index (κ1) is 20.5. The molecule has 1 fully saturated rings. The number of carbonyl (C=O) groups excluding carboxylic acids is 2. The lowest BCUT2D eigenvalue weighted by atomic mass is 9.96. The average Bonchev–Trinajstić information content (AvgIpc) is 2.65. The number of carbonyl (C=O) groups is 2. The van der Waals surface area contributed by atoms with Gasteiger partial charge in [-0.05, 0) is 75.6 Å². The molecule has 0 unspecified atom stereocenters. The summed E-state index contributed by atoms with van der Waals surface area (Å²) >= 11 is 11.8. The number of piperidine rings is 1. The average molecular weight is 420 g/mol. The highest BCUT2D eigenvalue weighted by Crippen LogP contribution is 2.26. The molecule has 2 N–H and O–H groups in total. The van der Waals surface area contributed by atoms with Crippen LogP contribution in [0.4, 0.5) is 16.2 Å². The Balaban J connectivity index is 1.63. The van der Waals surface area contributed by atoms with Crippen molar-refractivity contribution in [2.75, 3.05) is 10.6 Å². The molecule has 3 amide bonds. The van der Waals surface area contributed by atoms with Gasteiger partial charge in [0, 0.05) is 29.0 Å². The van der Waals surface area contributed by atoms with Gasteiger partial charge in [0.25, 0.3) is 5.91 Å². The van der Waals surface area contributed by atoms with Gasteiger partial charge in [-0.15, -0.1) is 0 Å². The predicted octanol–water partition coefficient (Wildman–Crippen LogP) is 6.04. The van der Waals surface area contributed by atoms with E-state index < -0.39 is 6.03 Å². The first-order chi connectivity index (χ1) is 13.3. The fraction of sp³-hybridized carbons (Fsp3) is 0.333. The molecule has 2 aromatic rings. The molecule has 1 heterocycles. The molecule has 148 valence electrons. The van der Waals surface area contributed by atoms with E-state index in [9.17, 15) is 9.59 Å². The second kappa shape index (κ2) is 8.84. The quantitative estimate of drug-likeness (QED) is 0.636. The Hall–Kier alpha value is -2.24. The van der Waals surface area contributed by atoms with Gasteiger partial charge in [0.15, 0.2) is 0 Å². The smallest absolute Gasteiger partial charge is 0.323 e. The van der Waals surface area contributed by atoms with Gasteiger partial charge in [-0.2, -0.15) is 0 Å². The van der Waals surface area contributed by atoms with Gasteiger partial charge in [0.05, 0.1) is 10.0 Å². The van der Waals surface area contributed by atoms with Crippen LogP contribution < -0.4 is 10.6 Å². The standard InChI is InChI=1S/C21H23Cl2N3O2/c1-13-4-3-5-14(2)26(13)20(27)15-6-8-16(9-7-15)24-21(28)25-17-10-11-18(22)19(23)12-17/h6-14H,3-5H2,1-2H3,(H2,24,25,28)/t13-,14+. The highest BCUT2D eigenvalue weighted by molar-refractivity contribution is 6.42. The topological polar surface area (TPSA) is 61.4 Å². The molecule has 5 nitrogen and oxygen atoms in total.